The van der Waals surface area contributed by atoms with Crippen LogP contribution >= 0.6 is 0 Å². The second-order valence-corrected chi connectivity index (χ2v) is 13.5. The second kappa shape index (κ2) is 15.8. The molecular formula is C40H46N4O7. The van der Waals surface area contributed by atoms with E-state index in [2.05, 4.69) is 0 Å². The number of hydrogen-bond donors (Lipinski definition) is 0. The topological polar surface area (TPSA) is 117 Å². The van der Waals surface area contributed by atoms with Crippen LogP contribution in [0.5, 0.6) is 11.5 Å². The van der Waals surface area contributed by atoms with Gasteiger partial charge in [0.15, 0.2) is 0 Å². The van der Waals surface area contributed by atoms with E-state index < -0.39 is 29.9 Å². The summed E-state index contributed by atoms with van der Waals surface area (Å²) in [6.45, 7) is 5.14. The number of imide groups is 1. The van der Waals surface area contributed by atoms with Crippen molar-refractivity contribution in [1.29, 1.82) is 0 Å². The van der Waals surface area contributed by atoms with E-state index in [0.29, 0.717) is 86.6 Å². The van der Waals surface area contributed by atoms with E-state index in [9.17, 15) is 24.0 Å². The van der Waals surface area contributed by atoms with Crippen LogP contribution < -0.4 is 9.47 Å². The quantitative estimate of drug-likeness (QED) is 0.350. The number of amides is 5. The molecule has 11 nitrogen and oxygen atoms in total. The summed E-state index contributed by atoms with van der Waals surface area (Å²) in [5.74, 6) is -0.661. The van der Waals surface area contributed by atoms with Gasteiger partial charge in [-0.15, -0.1) is 0 Å². The summed E-state index contributed by atoms with van der Waals surface area (Å²) in [5, 5.41) is 0. The van der Waals surface area contributed by atoms with Gasteiger partial charge in [-0.25, -0.2) is 0 Å². The maximum atomic E-state index is 14.9. The van der Waals surface area contributed by atoms with Gasteiger partial charge in [-0.05, 0) is 73.2 Å². The SMILES string of the molecule is COc1ccc(C2Oc3ccc4cc3C2C(=O)N2CCCCN(C(C)=O)CCCN(C(C)=O)C4CC(=O)N(C(=O)c3ccccc3)CCC2)cc1. The number of benzene rings is 3. The first-order chi connectivity index (χ1) is 24.7. The summed E-state index contributed by atoms with van der Waals surface area (Å²) >= 11 is 0. The molecule has 11 heteroatoms. The molecule has 3 unspecified atom stereocenters. The fourth-order valence-electron chi connectivity index (χ4n) is 7.51. The summed E-state index contributed by atoms with van der Waals surface area (Å²) in [5.41, 5.74) is 2.58. The third-order valence-corrected chi connectivity index (χ3v) is 10.2. The minimum absolute atomic E-state index is 0.0520. The molecule has 3 atom stereocenters. The van der Waals surface area contributed by atoms with Gasteiger partial charge in [0, 0.05) is 64.2 Å². The van der Waals surface area contributed by atoms with Gasteiger partial charge in [0.25, 0.3) is 5.91 Å². The van der Waals surface area contributed by atoms with Crippen LogP contribution in [0.3, 0.4) is 0 Å². The Kier molecular flexibility index (Phi) is 11.0. The highest BCUT2D eigenvalue weighted by Gasteiger charge is 2.44. The van der Waals surface area contributed by atoms with Crippen LogP contribution in [-0.2, 0) is 19.2 Å². The largest absolute Gasteiger partial charge is 0.497 e. The molecular weight excluding hydrogens is 648 g/mol. The second-order valence-electron chi connectivity index (χ2n) is 13.5. The van der Waals surface area contributed by atoms with Crippen molar-refractivity contribution in [2.45, 2.75) is 64.0 Å². The summed E-state index contributed by atoms with van der Waals surface area (Å²) in [6, 6.07) is 21.0. The molecule has 3 heterocycles. The highest BCUT2D eigenvalue weighted by molar-refractivity contribution is 6.05. The van der Waals surface area contributed by atoms with Crippen LogP contribution in [0.2, 0.25) is 0 Å². The smallest absolute Gasteiger partial charge is 0.260 e. The molecule has 0 fully saturated rings. The Hall–Kier alpha value is -5.19. The molecule has 0 aromatic heterocycles. The molecule has 0 aliphatic carbocycles. The third kappa shape index (κ3) is 7.77. The molecule has 268 valence electrons. The number of rotatable bonds is 3. The third-order valence-electron chi connectivity index (χ3n) is 10.2. The first kappa shape index (κ1) is 35.6. The minimum Gasteiger partial charge on any atom is -0.497 e. The van der Waals surface area contributed by atoms with Gasteiger partial charge >= 0.3 is 0 Å². The molecule has 0 spiro atoms. The Morgan fingerprint density at radius 3 is 2.12 bits per heavy atom. The zero-order valence-electron chi connectivity index (χ0n) is 29.6. The summed E-state index contributed by atoms with van der Waals surface area (Å²) in [7, 11) is 1.60. The lowest BCUT2D eigenvalue weighted by atomic mass is 9.87. The summed E-state index contributed by atoms with van der Waals surface area (Å²) in [6.07, 6.45) is 1.45. The number of ether oxygens (including phenoxy) is 2. The predicted molar refractivity (Wildman–Crippen MR) is 190 cm³/mol. The van der Waals surface area contributed by atoms with Crippen molar-refractivity contribution in [3.8, 4) is 11.5 Å². The van der Waals surface area contributed by atoms with Crippen LogP contribution in [0, 0.1) is 0 Å². The summed E-state index contributed by atoms with van der Waals surface area (Å²) in [4.78, 5) is 75.7. The predicted octanol–water partition coefficient (Wildman–Crippen LogP) is 5.13. The van der Waals surface area contributed by atoms with Crippen molar-refractivity contribution >= 4 is 29.5 Å². The van der Waals surface area contributed by atoms with Crippen molar-refractivity contribution in [2.24, 2.45) is 0 Å². The molecule has 0 saturated carbocycles. The van der Waals surface area contributed by atoms with Crippen LogP contribution in [0.4, 0.5) is 0 Å². The van der Waals surface area contributed by atoms with Gasteiger partial charge in [-0.1, -0.05) is 36.4 Å². The Bertz CT molecular complexity index is 1760. The fourth-order valence-corrected chi connectivity index (χ4v) is 7.51. The van der Waals surface area contributed by atoms with Gasteiger partial charge in [-0.2, -0.15) is 0 Å². The van der Waals surface area contributed by atoms with Gasteiger partial charge in [-0.3, -0.25) is 28.9 Å². The van der Waals surface area contributed by atoms with Crippen molar-refractivity contribution in [2.75, 3.05) is 46.4 Å². The number of hydrogen-bond acceptors (Lipinski definition) is 7. The molecule has 51 heavy (non-hydrogen) atoms. The van der Waals surface area contributed by atoms with Crippen molar-refractivity contribution < 1.29 is 33.4 Å². The zero-order valence-corrected chi connectivity index (χ0v) is 29.6. The van der Waals surface area contributed by atoms with Crippen molar-refractivity contribution in [1.82, 2.24) is 19.6 Å². The molecule has 0 radical (unpaired) electrons. The maximum absolute atomic E-state index is 14.9. The highest BCUT2D eigenvalue weighted by Crippen LogP contribution is 2.48. The Balaban J connectivity index is 1.49. The van der Waals surface area contributed by atoms with Crippen LogP contribution in [0.1, 0.15) is 91.1 Å². The standard InChI is InChI=1S/C40H46N4O7/c1-27(45)41-19-7-8-20-42-22-10-24-44(39(48)30-11-5-4-6-12-30)36(47)26-34(43(28(2)46)23-9-21-41)31-15-18-35-33(25-31)37(40(42)49)38(51-35)29-13-16-32(50-3)17-14-29/h4-6,11-18,25,34,37-38H,7-10,19-24,26H2,1-3H3. The number of carbonyl (C=O) groups excluding carboxylic acids is 5. The van der Waals surface area contributed by atoms with Gasteiger partial charge in [0.1, 0.15) is 23.5 Å². The average molecular weight is 695 g/mol. The van der Waals surface area contributed by atoms with Gasteiger partial charge in [0.2, 0.25) is 23.6 Å². The lowest BCUT2D eigenvalue weighted by molar-refractivity contribution is -0.135. The Labute approximate surface area is 299 Å². The van der Waals surface area contributed by atoms with Crippen LogP contribution in [-0.4, -0.2) is 95.5 Å². The van der Waals surface area contributed by atoms with Crippen LogP contribution in [0.15, 0.2) is 72.8 Å². The highest BCUT2D eigenvalue weighted by atomic mass is 16.5. The van der Waals surface area contributed by atoms with E-state index in [4.69, 9.17) is 9.47 Å². The van der Waals surface area contributed by atoms with E-state index in [-0.39, 0.29) is 30.7 Å². The molecule has 3 aromatic rings. The average Bonchev–Trinajstić information content (AvgIpc) is 3.52. The van der Waals surface area contributed by atoms with E-state index >= 15 is 0 Å². The number of carbonyl (C=O) groups is 5. The Morgan fingerprint density at radius 2 is 1.41 bits per heavy atom. The first-order valence-electron chi connectivity index (χ1n) is 17.8. The number of methoxy groups -OCH3 is 1. The minimum atomic E-state index is -0.738. The molecule has 6 rings (SSSR count). The van der Waals surface area contributed by atoms with Crippen LogP contribution in [0.25, 0.3) is 0 Å². The lowest BCUT2D eigenvalue weighted by Crippen LogP contribution is -2.43. The first-order valence-corrected chi connectivity index (χ1v) is 17.8. The van der Waals surface area contributed by atoms with E-state index in [1.54, 1.807) is 48.1 Å². The number of nitrogens with zero attached hydrogens (tertiary/aromatic N) is 4. The lowest BCUT2D eigenvalue weighted by Gasteiger charge is -2.33. The molecule has 0 N–H and O–H groups in total. The van der Waals surface area contributed by atoms with Crippen molar-refractivity contribution in [3.63, 3.8) is 0 Å². The summed E-state index contributed by atoms with van der Waals surface area (Å²) < 4.78 is 11.9. The van der Waals surface area contributed by atoms with E-state index in [1.807, 2.05) is 53.4 Å². The molecule has 3 aromatic carbocycles. The molecule has 3 aliphatic rings. The normalized spacial score (nSPS) is 21.7. The molecule has 3 aliphatic heterocycles. The van der Waals surface area contributed by atoms with Gasteiger partial charge in [0.05, 0.1) is 19.6 Å². The number of fused-ring (bicyclic) bond motifs is 1. The van der Waals surface area contributed by atoms with Crippen molar-refractivity contribution in [3.05, 3.63) is 95.1 Å². The van der Waals surface area contributed by atoms with E-state index in [1.165, 1.54) is 11.8 Å². The Morgan fingerprint density at radius 1 is 0.745 bits per heavy atom. The van der Waals surface area contributed by atoms with E-state index in [0.717, 1.165) is 5.56 Å². The molecule has 4 bridgehead atoms. The molecule has 0 saturated heterocycles. The fraction of sp³-hybridized carbons (Fsp3) is 0.425. The monoisotopic (exact) mass is 694 g/mol. The zero-order chi connectivity index (χ0) is 36.1. The molecule has 5 amide bonds. The maximum Gasteiger partial charge on any atom is 0.260 e. The van der Waals surface area contributed by atoms with Gasteiger partial charge < -0.3 is 24.2 Å².